The molecule has 6 heteroatoms. The van der Waals surface area contributed by atoms with Gasteiger partial charge in [-0.15, -0.1) is 0 Å². The normalized spacial score (nSPS) is 30.7. The second-order valence-corrected chi connectivity index (χ2v) is 9.86. The highest BCUT2D eigenvalue weighted by Gasteiger charge is 2.54. The van der Waals surface area contributed by atoms with Crippen LogP contribution in [0.5, 0.6) is 0 Å². The van der Waals surface area contributed by atoms with Gasteiger partial charge in [-0.1, -0.05) is 36.6 Å². The number of halogens is 1. The highest BCUT2D eigenvalue weighted by Crippen LogP contribution is 2.45. The molecule has 4 nitrogen and oxygen atoms in total. The van der Waals surface area contributed by atoms with E-state index in [0.717, 1.165) is 31.2 Å². The Morgan fingerprint density at radius 3 is 2.35 bits per heavy atom. The molecule has 0 aromatic heterocycles. The van der Waals surface area contributed by atoms with Crippen LogP contribution in [0.25, 0.3) is 0 Å². The molecule has 1 aliphatic carbocycles. The van der Waals surface area contributed by atoms with E-state index in [1.54, 1.807) is 0 Å². The number of likely N-dealkylation sites (tertiary alicyclic amines) is 1. The Labute approximate surface area is 141 Å². The van der Waals surface area contributed by atoms with Crippen molar-refractivity contribution in [3.63, 3.8) is 0 Å². The van der Waals surface area contributed by atoms with Crippen LogP contribution < -0.4 is 0 Å². The summed E-state index contributed by atoms with van der Waals surface area (Å²) in [5.41, 5.74) is 0.536. The van der Waals surface area contributed by atoms with Crippen LogP contribution in [0.2, 0.25) is 5.02 Å². The molecule has 0 spiro atoms. The smallest absolute Gasteiger partial charge is 0.233 e. The van der Waals surface area contributed by atoms with E-state index in [2.05, 4.69) is 0 Å². The Morgan fingerprint density at radius 2 is 1.83 bits per heavy atom. The van der Waals surface area contributed by atoms with E-state index in [-0.39, 0.29) is 23.0 Å². The fraction of sp³-hybridized carbons (Fsp3) is 0.588. The van der Waals surface area contributed by atoms with Crippen molar-refractivity contribution in [3.05, 3.63) is 34.9 Å². The number of hydrogen-bond donors (Lipinski definition) is 0. The fourth-order valence-electron chi connectivity index (χ4n) is 4.59. The van der Waals surface area contributed by atoms with Gasteiger partial charge < -0.3 is 4.90 Å². The van der Waals surface area contributed by atoms with Crippen molar-refractivity contribution < 1.29 is 13.2 Å². The minimum atomic E-state index is -2.98. The number of fused-ring (bicyclic) bond motifs is 2. The molecule has 0 N–H and O–H groups in total. The lowest BCUT2D eigenvalue weighted by molar-refractivity contribution is -0.138. The Hall–Kier alpha value is -1.07. The van der Waals surface area contributed by atoms with Gasteiger partial charge in [-0.25, -0.2) is 8.42 Å². The molecule has 124 valence electrons. The lowest BCUT2D eigenvalue weighted by Gasteiger charge is -2.37. The number of rotatable bonds is 2. The first kappa shape index (κ1) is 15.5. The predicted octanol–water partition coefficient (Wildman–Crippen LogP) is 2.55. The maximum absolute atomic E-state index is 13.4. The van der Waals surface area contributed by atoms with Crippen molar-refractivity contribution >= 4 is 27.3 Å². The van der Waals surface area contributed by atoms with E-state index in [4.69, 9.17) is 11.6 Å². The van der Waals surface area contributed by atoms with Crippen LogP contribution >= 0.6 is 11.6 Å². The fourth-order valence-corrected chi connectivity index (χ4v) is 6.75. The molecule has 2 atom stereocenters. The van der Waals surface area contributed by atoms with E-state index in [9.17, 15) is 13.2 Å². The minimum Gasteiger partial charge on any atom is -0.337 e. The summed E-state index contributed by atoms with van der Waals surface area (Å²) < 4.78 is 23.9. The number of sulfone groups is 1. The van der Waals surface area contributed by atoms with E-state index in [1.165, 1.54) is 0 Å². The summed E-state index contributed by atoms with van der Waals surface area (Å²) in [4.78, 5) is 15.2. The largest absolute Gasteiger partial charge is 0.337 e. The lowest BCUT2D eigenvalue weighted by atomic mass is 9.77. The topological polar surface area (TPSA) is 54.5 Å². The Balaban J connectivity index is 1.67. The maximum atomic E-state index is 13.4. The molecule has 1 saturated carbocycles. The number of carbonyl (C=O) groups excluding carboxylic acids is 1. The first-order valence-electron chi connectivity index (χ1n) is 8.21. The van der Waals surface area contributed by atoms with Crippen LogP contribution in [0.1, 0.15) is 37.7 Å². The number of amides is 1. The molecule has 1 aromatic carbocycles. The summed E-state index contributed by atoms with van der Waals surface area (Å²) in [6, 6.07) is 7.46. The average Bonchev–Trinajstić information content (AvgIpc) is 3.20. The molecule has 1 aromatic rings. The van der Waals surface area contributed by atoms with Crippen LogP contribution in [0.4, 0.5) is 0 Å². The van der Waals surface area contributed by atoms with Crippen LogP contribution in [0.15, 0.2) is 24.3 Å². The molecule has 4 rings (SSSR count). The van der Waals surface area contributed by atoms with Crippen LogP contribution in [-0.2, 0) is 20.0 Å². The zero-order chi connectivity index (χ0) is 16.2. The van der Waals surface area contributed by atoms with E-state index < -0.39 is 15.3 Å². The highest BCUT2D eigenvalue weighted by molar-refractivity contribution is 7.92. The molecule has 2 bridgehead atoms. The summed E-state index contributed by atoms with van der Waals surface area (Å²) in [6.45, 7) is 0.376. The van der Waals surface area contributed by atoms with Crippen molar-refractivity contribution in [1.82, 2.24) is 4.90 Å². The summed E-state index contributed by atoms with van der Waals surface area (Å²) >= 11 is 5.99. The average molecular weight is 354 g/mol. The van der Waals surface area contributed by atoms with E-state index >= 15 is 0 Å². The lowest BCUT2D eigenvalue weighted by Crippen LogP contribution is -2.51. The molecule has 2 heterocycles. The third-order valence-corrected chi connectivity index (χ3v) is 8.29. The SMILES string of the molecule is O=C(N1CC2CC1CS2(=O)=O)C1(c2ccc(Cl)cc2)CCCC1. The van der Waals surface area contributed by atoms with Gasteiger partial charge in [-0.05, 0) is 37.0 Å². The zero-order valence-electron chi connectivity index (χ0n) is 12.9. The second kappa shape index (κ2) is 5.21. The molecule has 23 heavy (non-hydrogen) atoms. The van der Waals surface area contributed by atoms with Gasteiger partial charge in [-0.2, -0.15) is 0 Å². The highest BCUT2D eigenvalue weighted by atomic mass is 35.5. The van der Waals surface area contributed by atoms with Crippen LogP contribution in [-0.4, -0.2) is 42.8 Å². The van der Waals surface area contributed by atoms with Crippen LogP contribution in [0.3, 0.4) is 0 Å². The summed E-state index contributed by atoms with van der Waals surface area (Å²) in [5.74, 6) is 0.264. The zero-order valence-corrected chi connectivity index (χ0v) is 14.4. The summed E-state index contributed by atoms with van der Waals surface area (Å²) in [6.07, 6.45) is 4.37. The number of hydrogen-bond acceptors (Lipinski definition) is 3. The van der Waals surface area contributed by atoms with Gasteiger partial charge >= 0.3 is 0 Å². The molecule has 3 fully saturated rings. The van der Waals surface area contributed by atoms with Gasteiger partial charge in [-0.3, -0.25) is 4.79 Å². The van der Waals surface area contributed by atoms with Crippen molar-refractivity contribution in [2.75, 3.05) is 12.3 Å². The molecule has 3 aliphatic rings. The summed E-state index contributed by atoms with van der Waals surface area (Å²) in [5, 5.41) is 0.320. The Bertz CT molecular complexity index is 738. The predicted molar refractivity (Wildman–Crippen MR) is 89.3 cm³/mol. The standard InChI is InChI=1S/C17H20ClNO3S/c18-13-5-3-12(4-6-13)17(7-1-2-8-17)16(20)19-10-15-9-14(19)11-23(15,21)22/h3-6,14-15H,1-2,7-11H2. The molecule has 1 amide bonds. The number of nitrogens with zero attached hydrogens (tertiary/aromatic N) is 1. The van der Waals surface area contributed by atoms with Crippen LogP contribution in [0, 0.1) is 0 Å². The number of benzene rings is 1. The van der Waals surface area contributed by atoms with Gasteiger partial charge in [0.2, 0.25) is 5.91 Å². The first-order chi connectivity index (χ1) is 10.9. The molecular weight excluding hydrogens is 334 g/mol. The Morgan fingerprint density at radius 1 is 1.17 bits per heavy atom. The minimum absolute atomic E-state index is 0.123. The Kier molecular flexibility index (Phi) is 3.50. The quantitative estimate of drug-likeness (QED) is 0.821. The maximum Gasteiger partial charge on any atom is 0.233 e. The van der Waals surface area contributed by atoms with Crippen molar-refractivity contribution in [2.24, 2.45) is 0 Å². The van der Waals surface area contributed by atoms with Gasteiger partial charge in [0.05, 0.1) is 16.4 Å². The van der Waals surface area contributed by atoms with Gasteiger partial charge in [0, 0.05) is 17.6 Å². The number of carbonyl (C=O) groups is 1. The molecule has 2 aliphatic heterocycles. The monoisotopic (exact) mass is 353 g/mol. The van der Waals surface area contributed by atoms with Gasteiger partial charge in [0.25, 0.3) is 0 Å². The molecule has 2 unspecified atom stereocenters. The van der Waals surface area contributed by atoms with Crippen molar-refractivity contribution in [3.8, 4) is 0 Å². The molecule has 0 radical (unpaired) electrons. The molecule has 2 saturated heterocycles. The van der Waals surface area contributed by atoms with E-state index in [0.29, 0.717) is 18.0 Å². The van der Waals surface area contributed by atoms with Gasteiger partial charge in [0.15, 0.2) is 9.84 Å². The van der Waals surface area contributed by atoms with E-state index in [1.807, 2.05) is 29.2 Å². The molecular formula is C17H20ClNO3S. The third kappa shape index (κ3) is 2.31. The van der Waals surface area contributed by atoms with Crippen molar-refractivity contribution in [2.45, 2.75) is 48.8 Å². The second-order valence-electron chi connectivity index (χ2n) is 7.09. The third-order valence-electron chi connectivity index (χ3n) is 5.83. The summed E-state index contributed by atoms with van der Waals surface area (Å²) in [7, 11) is -2.98. The first-order valence-corrected chi connectivity index (χ1v) is 10.3. The van der Waals surface area contributed by atoms with Crippen molar-refractivity contribution in [1.29, 1.82) is 0 Å². The van der Waals surface area contributed by atoms with Gasteiger partial charge in [0.1, 0.15) is 0 Å².